The van der Waals surface area contributed by atoms with Crippen LogP contribution in [0.25, 0.3) is 0 Å². The minimum Gasteiger partial charge on any atom is -0.482 e. The Bertz CT molecular complexity index is 1560. The van der Waals surface area contributed by atoms with E-state index in [4.69, 9.17) is 4.74 Å². The molecule has 3 aliphatic heterocycles. The van der Waals surface area contributed by atoms with Gasteiger partial charge < -0.3 is 19.8 Å². The molecule has 9 nitrogen and oxygen atoms in total. The number of aliphatic hydroxyl groups excluding tert-OH is 1. The molecular formula is C33H33N3O6. The van der Waals surface area contributed by atoms with Gasteiger partial charge in [0.05, 0.1) is 24.0 Å². The van der Waals surface area contributed by atoms with Gasteiger partial charge in [-0.05, 0) is 55.3 Å². The fraction of sp³-hybridized carbons (Fsp3) is 0.303. The fourth-order valence-corrected chi connectivity index (χ4v) is 6.20. The van der Waals surface area contributed by atoms with Crippen LogP contribution in [-0.2, 0) is 20.0 Å². The van der Waals surface area contributed by atoms with Crippen molar-refractivity contribution in [3.05, 3.63) is 90.5 Å². The topological polar surface area (TPSA) is 111 Å². The van der Waals surface area contributed by atoms with Crippen molar-refractivity contribution in [2.75, 3.05) is 29.6 Å². The molecule has 3 heterocycles. The van der Waals surface area contributed by atoms with E-state index >= 15 is 0 Å². The Labute approximate surface area is 244 Å². The molecule has 3 amide bonds. The minimum absolute atomic E-state index is 0.0648. The Hall–Kier alpha value is -4.47. The molecule has 0 spiro atoms. The van der Waals surface area contributed by atoms with Gasteiger partial charge in [0, 0.05) is 35.8 Å². The molecular weight excluding hydrogens is 534 g/mol. The Morgan fingerprint density at radius 2 is 1.79 bits per heavy atom. The molecule has 9 heteroatoms. The lowest BCUT2D eigenvalue weighted by molar-refractivity contribution is -0.138. The molecule has 0 unspecified atom stereocenters. The zero-order valence-corrected chi connectivity index (χ0v) is 23.3. The Morgan fingerprint density at radius 1 is 1.02 bits per heavy atom. The van der Waals surface area contributed by atoms with E-state index in [0.717, 1.165) is 12.8 Å². The van der Waals surface area contributed by atoms with E-state index in [1.807, 2.05) is 30.3 Å². The number of benzene rings is 3. The molecule has 1 fully saturated rings. The third-order valence-electron chi connectivity index (χ3n) is 8.42. The fourth-order valence-electron chi connectivity index (χ4n) is 6.20. The third-order valence-corrected chi connectivity index (χ3v) is 8.42. The summed E-state index contributed by atoms with van der Waals surface area (Å²) in [6.45, 7) is 2.16. The van der Waals surface area contributed by atoms with Gasteiger partial charge in [-0.2, -0.15) is 0 Å². The van der Waals surface area contributed by atoms with Gasteiger partial charge in [0.2, 0.25) is 5.91 Å². The number of hydrogen-bond acceptors (Lipinski definition) is 6. The van der Waals surface area contributed by atoms with Gasteiger partial charge in [0.1, 0.15) is 5.75 Å². The molecule has 0 aliphatic carbocycles. The van der Waals surface area contributed by atoms with Crippen LogP contribution in [0.3, 0.4) is 0 Å². The zero-order chi connectivity index (χ0) is 29.4. The van der Waals surface area contributed by atoms with Crippen molar-refractivity contribution in [3.63, 3.8) is 0 Å². The number of ether oxygens (including phenoxy) is 1. The van der Waals surface area contributed by atoms with E-state index in [1.165, 1.54) is 4.90 Å². The number of likely N-dealkylation sites (tertiary alicyclic amines) is 1. The van der Waals surface area contributed by atoms with Crippen molar-refractivity contribution in [2.24, 2.45) is 5.92 Å². The van der Waals surface area contributed by atoms with Crippen LogP contribution in [0.15, 0.2) is 84.9 Å². The van der Waals surface area contributed by atoms with E-state index < -0.39 is 17.4 Å². The van der Waals surface area contributed by atoms with Crippen LogP contribution in [0.1, 0.15) is 31.7 Å². The van der Waals surface area contributed by atoms with Crippen LogP contribution in [0, 0.1) is 5.92 Å². The van der Waals surface area contributed by atoms with Crippen molar-refractivity contribution >= 4 is 40.5 Å². The van der Waals surface area contributed by atoms with Gasteiger partial charge in [-0.1, -0.05) is 49.4 Å². The number of anilines is 4. The number of rotatable bonds is 7. The van der Waals surface area contributed by atoms with Gasteiger partial charge in [0.25, 0.3) is 11.8 Å². The average Bonchev–Trinajstić information content (AvgIpc) is 3.58. The normalized spacial score (nSPS) is 22.4. The highest BCUT2D eigenvalue weighted by Gasteiger charge is 2.53. The highest BCUT2D eigenvalue weighted by molar-refractivity contribution is 6.13. The minimum atomic E-state index is -1.96. The first kappa shape index (κ1) is 27.7. The summed E-state index contributed by atoms with van der Waals surface area (Å²) in [6, 6.07) is 21.4. The standard InChI is InChI=1S/C33H33N3O6/c1-22(9-7-15-30(38)34-18-8-12-25(34)20-37)33(41)26-19-24(35-28-13-5-6-14-29(28)42-21-31(35)39)16-17-27(26)36(32(33)40)23-10-3-2-4-11-23/h2-7,9-11,13-14,16-17,19,22,25,37,41H,8,12,15,18,20-21H2,1H3/b9-7+/t22-,25-,33+/m0/s1. The molecule has 3 aliphatic rings. The number of aliphatic hydroxyl groups is 2. The van der Waals surface area contributed by atoms with Crippen LogP contribution < -0.4 is 14.5 Å². The molecule has 0 radical (unpaired) electrons. The monoisotopic (exact) mass is 567 g/mol. The number of nitrogens with zero attached hydrogens (tertiary/aromatic N) is 3. The summed E-state index contributed by atoms with van der Waals surface area (Å²) in [7, 11) is 0. The maximum atomic E-state index is 14.1. The van der Waals surface area contributed by atoms with E-state index in [-0.39, 0.29) is 37.5 Å². The van der Waals surface area contributed by atoms with Gasteiger partial charge in [-0.25, -0.2) is 0 Å². The summed E-state index contributed by atoms with van der Waals surface area (Å²) in [5.41, 5.74) is 0.619. The van der Waals surface area contributed by atoms with E-state index in [1.54, 1.807) is 71.3 Å². The second-order valence-electron chi connectivity index (χ2n) is 10.9. The first-order chi connectivity index (χ1) is 20.3. The molecule has 0 bridgehead atoms. The number of carbonyl (C=O) groups is 3. The molecule has 42 heavy (non-hydrogen) atoms. The highest BCUT2D eigenvalue weighted by Crippen LogP contribution is 2.50. The number of carbonyl (C=O) groups excluding carboxylic acids is 3. The number of hydrogen-bond donors (Lipinski definition) is 2. The summed E-state index contributed by atoms with van der Waals surface area (Å²) in [4.78, 5) is 44.7. The smallest absolute Gasteiger partial charge is 0.269 e. The van der Waals surface area contributed by atoms with Crippen LogP contribution in [0.5, 0.6) is 5.75 Å². The number of para-hydroxylation sites is 3. The lowest BCUT2D eigenvalue weighted by atomic mass is 9.82. The third kappa shape index (κ3) is 4.55. The van der Waals surface area contributed by atoms with Crippen LogP contribution >= 0.6 is 0 Å². The predicted octanol–water partition coefficient (Wildman–Crippen LogP) is 4.18. The van der Waals surface area contributed by atoms with Gasteiger partial charge in [-0.3, -0.25) is 24.2 Å². The maximum absolute atomic E-state index is 14.1. The number of fused-ring (bicyclic) bond motifs is 2. The van der Waals surface area contributed by atoms with E-state index in [9.17, 15) is 24.6 Å². The van der Waals surface area contributed by atoms with Crippen molar-refractivity contribution in [2.45, 2.75) is 37.8 Å². The molecule has 3 aromatic carbocycles. The Balaban J connectivity index is 1.37. The molecule has 216 valence electrons. The second kappa shape index (κ2) is 11.1. The zero-order valence-electron chi connectivity index (χ0n) is 23.3. The Kier molecular flexibility index (Phi) is 7.30. The van der Waals surface area contributed by atoms with E-state index in [2.05, 4.69) is 0 Å². The lowest BCUT2D eigenvalue weighted by Gasteiger charge is -2.31. The summed E-state index contributed by atoms with van der Waals surface area (Å²) in [5.74, 6) is -1.02. The summed E-state index contributed by atoms with van der Waals surface area (Å²) in [5, 5.41) is 21.8. The highest BCUT2D eigenvalue weighted by atomic mass is 16.5. The molecule has 0 aromatic heterocycles. The molecule has 0 saturated carbocycles. The van der Waals surface area contributed by atoms with Crippen LogP contribution in [0.2, 0.25) is 0 Å². The summed E-state index contributed by atoms with van der Waals surface area (Å²) in [6.07, 6.45) is 5.11. The van der Waals surface area contributed by atoms with Gasteiger partial charge >= 0.3 is 0 Å². The summed E-state index contributed by atoms with van der Waals surface area (Å²) < 4.78 is 5.61. The Morgan fingerprint density at radius 3 is 2.57 bits per heavy atom. The lowest BCUT2D eigenvalue weighted by Crippen LogP contribution is -2.43. The van der Waals surface area contributed by atoms with Crippen molar-refractivity contribution in [3.8, 4) is 5.75 Å². The molecule has 3 aromatic rings. The molecule has 2 N–H and O–H groups in total. The first-order valence-corrected chi connectivity index (χ1v) is 14.2. The first-order valence-electron chi connectivity index (χ1n) is 14.2. The quantitative estimate of drug-likeness (QED) is 0.415. The van der Waals surface area contributed by atoms with Crippen molar-refractivity contribution in [1.82, 2.24) is 4.90 Å². The van der Waals surface area contributed by atoms with Crippen LogP contribution in [-0.4, -0.2) is 58.6 Å². The SMILES string of the molecule is C[C@@H](/C=C/CC(=O)N1CCC[C@H]1CO)[C@]1(O)C(=O)N(c2ccccc2)c2ccc(N3C(=O)COc4ccccc43)cc21. The van der Waals surface area contributed by atoms with E-state index in [0.29, 0.717) is 40.6 Å². The molecule has 3 atom stereocenters. The van der Waals surface area contributed by atoms with Gasteiger partial charge in [0.15, 0.2) is 12.2 Å². The molecule has 1 saturated heterocycles. The largest absolute Gasteiger partial charge is 0.482 e. The van der Waals surface area contributed by atoms with Crippen LogP contribution in [0.4, 0.5) is 22.7 Å². The second-order valence-corrected chi connectivity index (χ2v) is 10.9. The average molecular weight is 568 g/mol. The molecule has 6 rings (SSSR count). The van der Waals surface area contributed by atoms with Crippen molar-refractivity contribution in [1.29, 1.82) is 0 Å². The van der Waals surface area contributed by atoms with Crippen molar-refractivity contribution < 1.29 is 29.3 Å². The van der Waals surface area contributed by atoms with Gasteiger partial charge in [-0.15, -0.1) is 0 Å². The predicted molar refractivity (Wildman–Crippen MR) is 158 cm³/mol. The number of amides is 3. The maximum Gasteiger partial charge on any atom is 0.269 e. The summed E-state index contributed by atoms with van der Waals surface area (Å²) >= 11 is 0.